The highest BCUT2D eigenvalue weighted by molar-refractivity contribution is 8.76. The molecule has 4 aromatic rings. The van der Waals surface area contributed by atoms with Crippen LogP contribution >= 0.6 is 21.6 Å². The highest BCUT2D eigenvalue weighted by atomic mass is 33.1. The van der Waals surface area contributed by atoms with Crippen LogP contribution in [0.5, 0.6) is 0 Å². The van der Waals surface area contributed by atoms with E-state index >= 15 is 0 Å². The predicted octanol–water partition coefficient (Wildman–Crippen LogP) is 3.25. The summed E-state index contributed by atoms with van der Waals surface area (Å²) in [6.45, 7) is 0. The van der Waals surface area contributed by atoms with Gasteiger partial charge in [-0.2, -0.15) is 0 Å². The Morgan fingerprint density at radius 3 is 1.56 bits per heavy atom. The Morgan fingerprint density at radius 2 is 1.22 bits per heavy atom. The van der Waals surface area contributed by atoms with Crippen molar-refractivity contribution in [3.8, 4) is 0 Å². The third-order valence-corrected chi connectivity index (χ3v) is 6.91. The summed E-state index contributed by atoms with van der Waals surface area (Å²) in [6, 6.07) is 2.19. The van der Waals surface area contributed by atoms with Gasteiger partial charge in [0.1, 0.15) is 11.6 Å². The molecule has 14 heteroatoms. The average molecular weight is 480 g/mol. The third kappa shape index (κ3) is 3.56. The van der Waals surface area contributed by atoms with Crippen LogP contribution in [0.4, 0.5) is 20.2 Å². The van der Waals surface area contributed by atoms with Crippen molar-refractivity contribution in [1.29, 1.82) is 0 Å². The number of carbonyl (C=O) groups is 2. The number of imidazole rings is 2. The van der Waals surface area contributed by atoms with Crippen LogP contribution in [0, 0.1) is 11.6 Å². The number of ether oxygens (including phenoxy) is 2. The average Bonchev–Trinajstić information content (AvgIpc) is 3.39. The maximum absolute atomic E-state index is 14.7. The number of methoxy groups -OCH3 is 2. The van der Waals surface area contributed by atoms with Crippen LogP contribution in [0.1, 0.15) is 21.2 Å². The standard InChI is InChI=1S/C18H14F2N6O4S2/c1-29-17(27)15-23-7-3-5(19)13(9(21)11(7)25-15)31-32-14-6(20)4-8-12(10(14)22)26-16(24-8)18(28)30-2/h3-4H,21-22H2,1-2H3,(H,23,25)(H,24,26). The molecule has 0 spiro atoms. The molecule has 0 atom stereocenters. The van der Waals surface area contributed by atoms with E-state index < -0.39 is 23.6 Å². The molecular weight excluding hydrogens is 466 g/mol. The highest BCUT2D eigenvalue weighted by Gasteiger charge is 2.22. The van der Waals surface area contributed by atoms with Crippen molar-refractivity contribution in [2.75, 3.05) is 25.7 Å². The molecule has 2 heterocycles. The lowest BCUT2D eigenvalue weighted by molar-refractivity contribution is 0.0580. The zero-order valence-electron chi connectivity index (χ0n) is 16.4. The first-order valence-corrected chi connectivity index (χ1v) is 10.9. The lowest BCUT2D eigenvalue weighted by Gasteiger charge is -2.10. The van der Waals surface area contributed by atoms with E-state index in [1.54, 1.807) is 0 Å². The molecule has 0 saturated carbocycles. The number of nitrogens with two attached hydrogens (primary N) is 2. The van der Waals surface area contributed by atoms with Crippen LogP contribution in [0.3, 0.4) is 0 Å². The topological polar surface area (TPSA) is 162 Å². The normalized spacial score (nSPS) is 11.2. The Bertz CT molecular complexity index is 1300. The van der Waals surface area contributed by atoms with E-state index in [1.807, 2.05) is 0 Å². The molecular formula is C18H14F2N6O4S2. The van der Waals surface area contributed by atoms with Gasteiger partial charge in [-0.05, 0) is 21.6 Å². The molecule has 0 aliphatic carbocycles. The molecule has 0 aliphatic rings. The van der Waals surface area contributed by atoms with Crippen molar-refractivity contribution in [2.45, 2.75) is 9.79 Å². The second-order valence-corrected chi connectivity index (χ2v) is 8.46. The number of nitrogen functional groups attached to an aromatic ring is 2. The first kappa shape index (κ1) is 21.7. The summed E-state index contributed by atoms with van der Waals surface area (Å²) in [5, 5.41) is 0. The lowest BCUT2D eigenvalue weighted by atomic mass is 10.2. The number of nitrogens with one attached hydrogen (secondary N) is 2. The molecule has 10 nitrogen and oxygen atoms in total. The molecule has 166 valence electrons. The summed E-state index contributed by atoms with van der Waals surface area (Å²) in [4.78, 5) is 36.6. The number of benzene rings is 2. The quantitative estimate of drug-likeness (QED) is 0.189. The SMILES string of the molecule is COC(=O)c1nc2cc(F)c(SSc3c(F)cc4nc(C(=O)OC)[nH]c4c3N)c(N)c2[nH]1. The van der Waals surface area contributed by atoms with E-state index in [4.69, 9.17) is 11.5 Å². The molecule has 0 amide bonds. The van der Waals surface area contributed by atoms with Crippen molar-refractivity contribution in [3.63, 3.8) is 0 Å². The largest absolute Gasteiger partial charge is 0.463 e. The number of esters is 2. The smallest absolute Gasteiger partial charge is 0.374 e. The Morgan fingerprint density at radius 1 is 0.844 bits per heavy atom. The lowest BCUT2D eigenvalue weighted by Crippen LogP contribution is -2.03. The summed E-state index contributed by atoms with van der Waals surface area (Å²) in [7, 11) is 4.02. The number of anilines is 2. The van der Waals surface area contributed by atoms with Gasteiger partial charge in [-0.1, -0.05) is 0 Å². The van der Waals surface area contributed by atoms with Crippen molar-refractivity contribution < 1.29 is 27.8 Å². The van der Waals surface area contributed by atoms with E-state index in [-0.39, 0.29) is 54.9 Å². The maximum Gasteiger partial charge on any atom is 0.374 e. The van der Waals surface area contributed by atoms with Gasteiger partial charge < -0.3 is 30.9 Å². The van der Waals surface area contributed by atoms with E-state index in [0.29, 0.717) is 0 Å². The van der Waals surface area contributed by atoms with Crippen LogP contribution in [0.25, 0.3) is 22.1 Å². The van der Waals surface area contributed by atoms with Crippen molar-refractivity contribution in [3.05, 3.63) is 35.4 Å². The highest BCUT2D eigenvalue weighted by Crippen LogP contribution is 2.47. The van der Waals surface area contributed by atoms with Gasteiger partial charge >= 0.3 is 11.9 Å². The van der Waals surface area contributed by atoms with Crippen LogP contribution in [-0.2, 0) is 9.47 Å². The molecule has 0 radical (unpaired) electrons. The Labute approximate surface area is 185 Å². The van der Waals surface area contributed by atoms with Gasteiger partial charge in [0.15, 0.2) is 0 Å². The van der Waals surface area contributed by atoms with Crippen molar-refractivity contribution in [2.24, 2.45) is 0 Å². The monoisotopic (exact) mass is 480 g/mol. The Kier molecular flexibility index (Phi) is 5.56. The van der Waals surface area contributed by atoms with Gasteiger partial charge in [0.05, 0.1) is 57.5 Å². The minimum absolute atomic E-state index is 0.0127. The molecule has 0 bridgehead atoms. The minimum atomic E-state index is -0.737. The molecule has 4 rings (SSSR count). The van der Waals surface area contributed by atoms with Gasteiger partial charge in [-0.25, -0.2) is 28.3 Å². The number of nitrogens with zero attached hydrogens (tertiary/aromatic N) is 2. The van der Waals surface area contributed by atoms with Gasteiger partial charge in [0.25, 0.3) is 0 Å². The number of halogens is 2. The van der Waals surface area contributed by atoms with E-state index in [1.165, 1.54) is 14.2 Å². The first-order valence-electron chi connectivity index (χ1n) is 8.71. The van der Waals surface area contributed by atoms with Crippen molar-refractivity contribution >= 4 is 67.0 Å². The molecule has 0 aliphatic heterocycles. The van der Waals surface area contributed by atoms with E-state index in [9.17, 15) is 18.4 Å². The summed E-state index contributed by atoms with van der Waals surface area (Å²) >= 11 is 0. The summed E-state index contributed by atoms with van der Waals surface area (Å²) < 4.78 is 38.5. The molecule has 32 heavy (non-hydrogen) atoms. The van der Waals surface area contributed by atoms with Gasteiger partial charge in [0, 0.05) is 12.1 Å². The number of hydrogen-bond donors (Lipinski definition) is 4. The first-order chi connectivity index (χ1) is 15.2. The number of carbonyl (C=O) groups excluding carboxylic acids is 2. The second-order valence-electron chi connectivity index (χ2n) is 6.31. The molecule has 2 aromatic carbocycles. The number of rotatable bonds is 5. The fraction of sp³-hybridized carbons (Fsp3) is 0.111. The van der Waals surface area contributed by atoms with E-state index in [2.05, 4.69) is 29.4 Å². The zero-order valence-corrected chi connectivity index (χ0v) is 18.0. The minimum Gasteiger partial charge on any atom is -0.463 e. The summed E-state index contributed by atoms with van der Waals surface area (Å²) in [6.07, 6.45) is 0. The molecule has 0 unspecified atom stereocenters. The number of aromatic amines is 2. The fourth-order valence-electron chi connectivity index (χ4n) is 2.89. The van der Waals surface area contributed by atoms with Crippen molar-refractivity contribution in [1.82, 2.24) is 19.9 Å². The number of hydrogen-bond acceptors (Lipinski definition) is 10. The number of fused-ring (bicyclic) bond motifs is 2. The molecule has 2 aromatic heterocycles. The van der Waals surface area contributed by atoms with E-state index in [0.717, 1.165) is 33.7 Å². The summed E-state index contributed by atoms with van der Waals surface area (Å²) in [5.41, 5.74) is 12.8. The number of H-pyrrole nitrogens is 2. The zero-order chi connectivity index (χ0) is 23.2. The van der Waals surface area contributed by atoms with Gasteiger partial charge in [0.2, 0.25) is 11.6 Å². The number of aromatic nitrogens is 4. The van der Waals surface area contributed by atoms with Crippen LogP contribution < -0.4 is 11.5 Å². The van der Waals surface area contributed by atoms with Gasteiger partial charge in [-0.15, -0.1) is 0 Å². The molecule has 0 saturated heterocycles. The fourth-order valence-corrected chi connectivity index (χ4v) is 5.23. The van der Waals surface area contributed by atoms with Crippen LogP contribution in [0.15, 0.2) is 21.9 Å². The van der Waals surface area contributed by atoms with Crippen LogP contribution in [0.2, 0.25) is 0 Å². The summed E-state index contributed by atoms with van der Waals surface area (Å²) in [5.74, 6) is -3.18. The third-order valence-electron chi connectivity index (χ3n) is 4.42. The van der Waals surface area contributed by atoms with Gasteiger partial charge in [-0.3, -0.25) is 0 Å². The second kappa shape index (κ2) is 8.20. The predicted molar refractivity (Wildman–Crippen MR) is 115 cm³/mol. The molecule has 6 N–H and O–H groups in total. The molecule has 0 fully saturated rings. The Hall–Kier alpha value is -3.52. The maximum atomic E-state index is 14.7. The Balaban J connectivity index is 1.70. The van der Waals surface area contributed by atoms with Crippen LogP contribution in [-0.4, -0.2) is 46.1 Å².